The maximum absolute atomic E-state index is 12.5. The van der Waals surface area contributed by atoms with Gasteiger partial charge in [-0.3, -0.25) is 9.59 Å². The molecular weight excluding hydrogens is 328 g/mol. The normalized spacial score (nSPS) is 41.0. The van der Waals surface area contributed by atoms with Crippen LogP contribution >= 0.6 is 15.9 Å². The van der Waals surface area contributed by atoms with Crippen LogP contribution in [0.2, 0.25) is 0 Å². The fraction of sp³-hybridized carbons (Fsp3) is 0.615. The second-order valence-corrected chi connectivity index (χ2v) is 6.83. The molecule has 2 aliphatic carbocycles. The Kier molecular flexibility index (Phi) is 2.52. The van der Waals surface area contributed by atoms with Crippen LogP contribution in [-0.2, 0) is 14.3 Å². The van der Waals surface area contributed by atoms with Crippen LogP contribution in [0, 0.1) is 30.6 Å². The number of aryl methyl sites for hydroxylation is 1. The van der Waals surface area contributed by atoms with Crippen molar-refractivity contribution in [1.29, 1.82) is 0 Å². The van der Waals surface area contributed by atoms with E-state index in [0.29, 0.717) is 11.6 Å². The Balaban J connectivity index is 1.59. The second-order valence-electron chi connectivity index (χ2n) is 5.77. The van der Waals surface area contributed by atoms with Gasteiger partial charge in [0.1, 0.15) is 11.9 Å². The molecule has 1 aromatic rings. The van der Waals surface area contributed by atoms with Crippen LogP contribution < -0.4 is 5.32 Å². The maximum Gasteiger partial charge on any atom is 0.310 e. The van der Waals surface area contributed by atoms with Gasteiger partial charge in [0.05, 0.1) is 16.7 Å². The van der Waals surface area contributed by atoms with Gasteiger partial charge in [0, 0.05) is 12.0 Å². The third-order valence-electron chi connectivity index (χ3n) is 4.71. The van der Waals surface area contributed by atoms with E-state index in [0.717, 1.165) is 6.42 Å². The van der Waals surface area contributed by atoms with E-state index in [2.05, 4.69) is 26.4 Å². The Morgan fingerprint density at radius 1 is 1.50 bits per heavy atom. The molecule has 0 aromatic carbocycles. The number of amides is 1. The highest BCUT2D eigenvalue weighted by atomic mass is 79.9. The largest absolute Gasteiger partial charge is 0.461 e. The lowest BCUT2D eigenvalue weighted by Gasteiger charge is -2.27. The Labute approximate surface area is 123 Å². The standard InChI is InChI=1S/C13H13BrN2O4/c1-4-2-7(16-20-4)15-12(17)8-5-3-6-9(8)13(18)19-11(6)10(5)14/h2,5-6,8-11H,3H2,1H3,(H,15,16,17)/t5-,6-,8-,9+,10+,11+/m1/s1. The van der Waals surface area contributed by atoms with E-state index in [1.807, 2.05) is 0 Å². The molecular formula is C13H13BrN2O4. The highest BCUT2D eigenvalue weighted by Crippen LogP contribution is 2.59. The third kappa shape index (κ3) is 1.52. The van der Waals surface area contributed by atoms with Gasteiger partial charge < -0.3 is 14.6 Å². The number of rotatable bonds is 2. The van der Waals surface area contributed by atoms with Crippen LogP contribution in [0.5, 0.6) is 0 Å². The van der Waals surface area contributed by atoms with E-state index in [1.165, 1.54) is 0 Å². The number of ether oxygens (including phenoxy) is 1. The van der Waals surface area contributed by atoms with E-state index in [4.69, 9.17) is 9.26 Å². The summed E-state index contributed by atoms with van der Waals surface area (Å²) in [7, 11) is 0. The summed E-state index contributed by atoms with van der Waals surface area (Å²) in [5.74, 6) is 0.301. The van der Waals surface area contributed by atoms with Gasteiger partial charge in [0.15, 0.2) is 5.82 Å². The number of carbonyl (C=O) groups is 2. The lowest BCUT2D eigenvalue weighted by atomic mass is 9.79. The number of esters is 1. The van der Waals surface area contributed by atoms with Crippen molar-refractivity contribution in [2.75, 3.05) is 5.32 Å². The zero-order chi connectivity index (χ0) is 14.0. The summed E-state index contributed by atoms with van der Waals surface area (Å²) in [5.41, 5.74) is 0. The molecule has 20 heavy (non-hydrogen) atoms. The fourth-order valence-corrected chi connectivity index (χ4v) is 5.01. The molecule has 1 aliphatic heterocycles. The van der Waals surface area contributed by atoms with E-state index in [9.17, 15) is 9.59 Å². The summed E-state index contributed by atoms with van der Waals surface area (Å²) < 4.78 is 10.3. The van der Waals surface area contributed by atoms with Gasteiger partial charge in [-0.2, -0.15) is 0 Å². The molecule has 0 radical (unpaired) electrons. The van der Waals surface area contributed by atoms with Crippen molar-refractivity contribution in [3.63, 3.8) is 0 Å². The molecule has 2 heterocycles. The topological polar surface area (TPSA) is 81.4 Å². The fourth-order valence-electron chi connectivity index (χ4n) is 3.97. The summed E-state index contributed by atoms with van der Waals surface area (Å²) in [5, 5.41) is 6.49. The third-order valence-corrected chi connectivity index (χ3v) is 5.91. The predicted molar refractivity (Wildman–Crippen MR) is 71.0 cm³/mol. The molecule has 3 fully saturated rings. The highest BCUT2D eigenvalue weighted by molar-refractivity contribution is 9.09. The van der Waals surface area contributed by atoms with E-state index in [-0.39, 0.29) is 46.5 Å². The van der Waals surface area contributed by atoms with Gasteiger partial charge in [-0.25, -0.2) is 0 Å². The molecule has 1 N–H and O–H groups in total. The zero-order valence-corrected chi connectivity index (χ0v) is 12.3. The first kappa shape index (κ1) is 12.4. The Bertz CT molecular complexity index is 601. The van der Waals surface area contributed by atoms with Crippen molar-refractivity contribution in [3.8, 4) is 0 Å². The highest BCUT2D eigenvalue weighted by Gasteiger charge is 2.67. The van der Waals surface area contributed by atoms with Crippen LogP contribution in [-0.4, -0.2) is 28.0 Å². The summed E-state index contributed by atoms with van der Waals surface area (Å²) >= 11 is 3.58. The first-order chi connectivity index (χ1) is 9.56. The number of carbonyl (C=O) groups excluding carboxylic acids is 2. The van der Waals surface area contributed by atoms with Crippen LogP contribution in [0.4, 0.5) is 5.82 Å². The monoisotopic (exact) mass is 340 g/mol. The smallest absolute Gasteiger partial charge is 0.310 e. The number of nitrogens with zero attached hydrogens (tertiary/aromatic N) is 1. The molecule has 4 rings (SSSR count). The van der Waals surface area contributed by atoms with Crippen molar-refractivity contribution >= 4 is 33.6 Å². The number of halogens is 1. The maximum atomic E-state index is 12.5. The molecule has 7 heteroatoms. The summed E-state index contributed by atoms with van der Waals surface area (Å²) in [6.07, 6.45) is 0.809. The number of nitrogens with one attached hydrogen (secondary N) is 1. The van der Waals surface area contributed by atoms with Gasteiger partial charge in [0.2, 0.25) is 5.91 Å². The molecule has 2 saturated carbocycles. The zero-order valence-electron chi connectivity index (χ0n) is 10.7. The molecule has 106 valence electrons. The number of hydrogen-bond acceptors (Lipinski definition) is 5. The predicted octanol–water partition coefficient (Wildman–Crippen LogP) is 1.49. The van der Waals surface area contributed by atoms with Crippen LogP contribution in [0.1, 0.15) is 12.2 Å². The van der Waals surface area contributed by atoms with Gasteiger partial charge in [-0.15, -0.1) is 0 Å². The number of alkyl halides is 1. The minimum atomic E-state index is -0.340. The molecule has 1 amide bonds. The molecule has 0 spiro atoms. The number of anilines is 1. The molecule has 6 atom stereocenters. The average molecular weight is 341 g/mol. The molecule has 1 saturated heterocycles. The quantitative estimate of drug-likeness (QED) is 0.651. The van der Waals surface area contributed by atoms with Crippen LogP contribution in [0.25, 0.3) is 0 Å². The van der Waals surface area contributed by atoms with E-state index in [1.54, 1.807) is 13.0 Å². The molecule has 1 aromatic heterocycles. The Morgan fingerprint density at radius 3 is 3.00 bits per heavy atom. The number of hydrogen-bond donors (Lipinski definition) is 1. The Hall–Kier alpha value is -1.37. The minimum absolute atomic E-state index is 0.0594. The van der Waals surface area contributed by atoms with Crippen molar-refractivity contribution in [2.24, 2.45) is 23.7 Å². The SMILES string of the molecule is Cc1cc(NC(=O)[C@@H]2[C@H]3C[C@H]4[C@H](OC(=O)[C@@H]42)[C@H]3Br)no1. The average Bonchev–Trinajstić information content (AvgIpc) is 3.08. The van der Waals surface area contributed by atoms with Gasteiger partial charge in [0.25, 0.3) is 0 Å². The van der Waals surface area contributed by atoms with Gasteiger partial charge >= 0.3 is 5.97 Å². The van der Waals surface area contributed by atoms with Gasteiger partial charge in [-0.1, -0.05) is 21.1 Å². The summed E-state index contributed by atoms with van der Waals surface area (Å²) in [6.45, 7) is 1.76. The summed E-state index contributed by atoms with van der Waals surface area (Å²) in [4.78, 5) is 24.5. The lowest BCUT2D eigenvalue weighted by molar-refractivity contribution is -0.145. The molecule has 3 aliphatic rings. The molecule has 0 unspecified atom stereocenters. The van der Waals surface area contributed by atoms with Crippen molar-refractivity contribution in [2.45, 2.75) is 24.3 Å². The molecule has 2 bridgehead atoms. The Morgan fingerprint density at radius 2 is 2.30 bits per heavy atom. The minimum Gasteiger partial charge on any atom is -0.461 e. The van der Waals surface area contributed by atoms with Gasteiger partial charge in [-0.05, 0) is 19.3 Å². The lowest BCUT2D eigenvalue weighted by Crippen LogP contribution is -2.40. The van der Waals surface area contributed by atoms with Crippen LogP contribution in [0.3, 0.4) is 0 Å². The van der Waals surface area contributed by atoms with Crippen molar-refractivity contribution in [1.82, 2.24) is 5.16 Å². The molecule has 6 nitrogen and oxygen atoms in total. The summed E-state index contributed by atoms with van der Waals surface area (Å²) in [6, 6.07) is 1.66. The first-order valence-corrected chi connectivity index (χ1v) is 7.56. The van der Waals surface area contributed by atoms with Crippen molar-refractivity contribution < 1.29 is 18.8 Å². The number of aromatic nitrogens is 1. The van der Waals surface area contributed by atoms with E-state index >= 15 is 0 Å². The first-order valence-electron chi connectivity index (χ1n) is 6.65. The van der Waals surface area contributed by atoms with E-state index < -0.39 is 0 Å². The van der Waals surface area contributed by atoms with Crippen molar-refractivity contribution in [3.05, 3.63) is 11.8 Å². The van der Waals surface area contributed by atoms with Crippen LogP contribution in [0.15, 0.2) is 10.6 Å². The second kappa shape index (κ2) is 4.07. The number of fused-ring (bicyclic) bond motifs is 1.